The quantitative estimate of drug-likeness (QED) is 0.341. The Bertz CT molecular complexity index is 399. The molecule has 0 unspecified atom stereocenters. The molecule has 0 aromatic rings. The zero-order chi connectivity index (χ0) is 19.1. The maximum absolute atomic E-state index is 11.2. The highest BCUT2D eigenvalue weighted by atomic mass is 16.4. The maximum atomic E-state index is 11.2. The van der Waals surface area contributed by atoms with Crippen molar-refractivity contribution >= 4 is 17.9 Å². The van der Waals surface area contributed by atoms with Crippen LogP contribution in [0.3, 0.4) is 0 Å². The van der Waals surface area contributed by atoms with E-state index in [1.54, 1.807) is 0 Å². The number of aliphatic carboxylic acids is 3. The predicted molar refractivity (Wildman–Crippen MR) is 94.7 cm³/mol. The molecule has 7 nitrogen and oxygen atoms in total. The fraction of sp³-hybridized carbons (Fsp3) is 0.833. The molecule has 3 N–H and O–H groups in total. The Morgan fingerprint density at radius 1 is 0.760 bits per heavy atom. The van der Waals surface area contributed by atoms with Crippen molar-refractivity contribution in [3.8, 4) is 0 Å². The summed E-state index contributed by atoms with van der Waals surface area (Å²) in [7, 11) is 0. The molecule has 0 heterocycles. The van der Waals surface area contributed by atoms with E-state index in [0.29, 0.717) is 6.42 Å². The van der Waals surface area contributed by atoms with Crippen LogP contribution in [0.4, 0.5) is 0 Å². The molecule has 0 aliphatic carbocycles. The molecule has 0 fully saturated rings. The van der Waals surface area contributed by atoms with Gasteiger partial charge in [0.25, 0.3) is 0 Å². The molecule has 0 saturated carbocycles. The van der Waals surface area contributed by atoms with Crippen LogP contribution in [0.2, 0.25) is 0 Å². The molecule has 1 atom stereocenters. The van der Waals surface area contributed by atoms with E-state index >= 15 is 0 Å². The molecule has 0 rings (SSSR count). The lowest BCUT2D eigenvalue weighted by molar-refractivity contribution is -0.152. The highest BCUT2D eigenvalue weighted by Gasteiger charge is 2.29. The lowest BCUT2D eigenvalue weighted by Gasteiger charge is -2.26. The van der Waals surface area contributed by atoms with E-state index in [2.05, 4.69) is 6.92 Å². The summed E-state index contributed by atoms with van der Waals surface area (Å²) in [5, 5.41) is 26.9. The molecule has 0 saturated heterocycles. The number of carboxylic acids is 3. The monoisotopic (exact) mass is 359 g/mol. The Labute approximate surface area is 150 Å². The summed E-state index contributed by atoms with van der Waals surface area (Å²) in [5.41, 5.74) is 0. The Balaban J connectivity index is 4.09. The summed E-state index contributed by atoms with van der Waals surface area (Å²) < 4.78 is 0. The number of hydrogen-bond acceptors (Lipinski definition) is 4. The van der Waals surface area contributed by atoms with Gasteiger partial charge in [0.15, 0.2) is 0 Å². The van der Waals surface area contributed by atoms with Crippen molar-refractivity contribution in [1.82, 2.24) is 4.90 Å². The van der Waals surface area contributed by atoms with Gasteiger partial charge in [-0.3, -0.25) is 19.3 Å². The highest BCUT2D eigenvalue weighted by Crippen LogP contribution is 2.12. The van der Waals surface area contributed by atoms with Gasteiger partial charge in [-0.15, -0.1) is 0 Å². The third kappa shape index (κ3) is 13.3. The Morgan fingerprint density at radius 3 is 1.64 bits per heavy atom. The van der Waals surface area contributed by atoms with Gasteiger partial charge in [0.2, 0.25) is 0 Å². The predicted octanol–water partition coefficient (Wildman–Crippen LogP) is 3.22. The van der Waals surface area contributed by atoms with E-state index in [1.807, 2.05) is 0 Å². The molecule has 7 heteroatoms. The second kappa shape index (κ2) is 14.7. The average molecular weight is 359 g/mol. The Kier molecular flexibility index (Phi) is 13.7. The van der Waals surface area contributed by atoms with Gasteiger partial charge in [0.05, 0.1) is 13.0 Å². The molecule has 25 heavy (non-hydrogen) atoms. The number of carboxylic acid groups (broad SMARTS) is 3. The zero-order valence-corrected chi connectivity index (χ0v) is 15.3. The third-order valence-corrected chi connectivity index (χ3v) is 4.23. The van der Waals surface area contributed by atoms with Crippen LogP contribution < -0.4 is 0 Å². The van der Waals surface area contributed by atoms with E-state index in [-0.39, 0.29) is 6.54 Å². The van der Waals surface area contributed by atoms with Crippen LogP contribution in [0.25, 0.3) is 0 Å². The molecule has 0 aromatic carbocycles. The van der Waals surface area contributed by atoms with Gasteiger partial charge in [-0.1, -0.05) is 64.7 Å². The first-order valence-electron chi connectivity index (χ1n) is 9.28. The largest absolute Gasteiger partial charge is 0.481 e. The van der Waals surface area contributed by atoms with Crippen LogP contribution in [0, 0.1) is 0 Å². The van der Waals surface area contributed by atoms with E-state index in [4.69, 9.17) is 15.3 Å². The van der Waals surface area contributed by atoms with Crippen molar-refractivity contribution in [2.75, 3.05) is 13.1 Å². The van der Waals surface area contributed by atoms with Crippen LogP contribution in [0.1, 0.15) is 77.6 Å². The third-order valence-electron chi connectivity index (χ3n) is 4.23. The lowest BCUT2D eigenvalue weighted by Crippen LogP contribution is -2.45. The fourth-order valence-electron chi connectivity index (χ4n) is 2.86. The first-order chi connectivity index (χ1) is 11.9. The molecule has 0 spiro atoms. The SMILES string of the molecule is CCCCCCCCCCCCN(CC(=O)O)[C@@H](CC(=O)O)C(=O)O. The van der Waals surface area contributed by atoms with Gasteiger partial charge in [0, 0.05) is 0 Å². The van der Waals surface area contributed by atoms with Crippen molar-refractivity contribution in [3.05, 3.63) is 0 Å². The van der Waals surface area contributed by atoms with E-state index in [0.717, 1.165) is 19.3 Å². The second-order valence-corrected chi connectivity index (χ2v) is 6.50. The smallest absolute Gasteiger partial charge is 0.321 e. The molecular weight excluding hydrogens is 326 g/mol. The minimum Gasteiger partial charge on any atom is -0.481 e. The normalized spacial score (nSPS) is 12.2. The summed E-state index contributed by atoms with van der Waals surface area (Å²) in [6.45, 7) is 2.02. The second-order valence-electron chi connectivity index (χ2n) is 6.50. The van der Waals surface area contributed by atoms with E-state index in [1.165, 1.54) is 43.4 Å². The van der Waals surface area contributed by atoms with Crippen LogP contribution in [-0.2, 0) is 14.4 Å². The molecule has 0 radical (unpaired) electrons. The van der Waals surface area contributed by atoms with Gasteiger partial charge < -0.3 is 15.3 Å². The van der Waals surface area contributed by atoms with Gasteiger partial charge in [-0.25, -0.2) is 0 Å². The molecule has 0 bridgehead atoms. The number of carbonyl (C=O) groups is 3. The first-order valence-corrected chi connectivity index (χ1v) is 9.28. The summed E-state index contributed by atoms with van der Waals surface area (Å²) in [6, 6.07) is -1.30. The Hall–Kier alpha value is -1.63. The van der Waals surface area contributed by atoms with Gasteiger partial charge in [0.1, 0.15) is 6.04 Å². The zero-order valence-electron chi connectivity index (χ0n) is 15.3. The Morgan fingerprint density at radius 2 is 1.24 bits per heavy atom. The fourth-order valence-corrected chi connectivity index (χ4v) is 2.86. The van der Waals surface area contributed by atoms with Crippen molar-refractivity contribution in [2.24, 2.45) is 0 Å². The highest BCUT2D eigenvalue weighted by molar-refractivity contribution is 5.81. The van der Waals surface area contributed by atoms with Crippen LogP contribution in [0.5, 0.6) is 0 Å². The minimum atomic E-state index is -1.30. The molecule has 0 aliphatic heterocycles. The maximum Gasteiger partial charge on any atom is 0.321 e. The summed E-state index contributed by atoms with van der Waals surface area (Å²) >= 11 is 0. The molecule has 0 aliphatic rings. The van der Waals surface area contributed by atoms with E-state index < -0.39 is 36.9 Å². The summed E-state index contributed by atoms with van der Waals surface area (Å²) in [6.07, 6.45) is 10.7. The van der Waals surface area contributed by atoms with Gasteiger partial charge in [-0.05, 0) is 13.0 Å². The number of rotatable bonds is 17. The van der Waals surface area contributed by atoms with Gasteiger partial charge >= 0.3 is 17.9 Å². The molecule has 0 amide bonds. The standard InChI is InChI=1S/C18H33NO6/c1-2-3-4-5-6-7-8-9-10-11-12-19(14-17(22)23)15(18(24)25)13-16(20)21/h15H,2-14H2,1H3,(H,20,21)(H,22,23)(H,24,25)/t15-/m0/s1. The number of unbranched alkanes of at least 4 members (excludes halogenated alkanes) is 9. The molecular formula is C18H33NO6. The van der Waals surface area contributed by atoms with Crippen molar-refractivity contribution in [2.45, 2.75) is 83.6 Å². The lowest BCUT2D eigenvalue weighted by atomic mass is 10.1. The van der Waals surface area contributed by atoms with E-state index in [9.17, 15) is 14.4 Å². The molecule has 146 valence electrons. The average Bonchev–Trinajstić information content (AvgIpc) is 2.52. The van der Waals surface area contributed by atoms with Crippen molar-refractivity contribution < 1.29 is 29.7 Å². The minimum absolute atomic E-state index is 0.285. The van der Waals surface area contributed by atoms with Crippen molar-refractivity contribution in [3.63, 3.8) is 0 Å². The first kappa shape index (κ1) is 23.4. The van der Waals surface area contributed by atoms with Crippen molar-refractivity contribution in [1.29, 1.82) is 0 Å². The topological polar surface area (TPSA) is 115 Å². The number of hydrogen-bond donors (Lipinski definition) is 3. The number of nitrogens with zero attached hydrogens (tertiary/aromatic N) is 1. The van der Waals surface area contributed by atoms with Crippen LogP contribution in [-0.4, -0.2) is 57.3 Å². The molecule has 0 aromatic heterocycles. The van der Waals surface area contributed by atoms with Gasteiger partial charge in [-0.2, -0.15) is 0 Å². The summed E-state index contributed by atoms with van der Waals surface area (Å²) in [4.78, 5) is 34.2. The van der Waals surface area contributed by atoms with Crippen LogP contribution in [0.15, 0.2) is 0 Å². The summed E-state index contributed by atoms with van der Waals surface area (Å²) in [5.74, 6) is -3.69. The van der Waals surface area contributed by atoms with Crippen LogP contribution >= 0.6 is 0 Å².